The predicted molar refractivity (Wildman–Crippen MR) is 101 cm³/mol. The highest BCUT2D eigenvalue weighted by Crippen LogP contribution is 2.35. The fourth-order valence-corrected chi connectivity index (χ4v) is 2.81. The molecule has 11 heteroatoms. The molecule has 0 saturated heterocycles. The maximum atomic E-state index is 12.8. The summed E-state index contributed by atoms with van der Waals surface area (Å²) in [4.78, 5) is 22.5. The van der Waals surface area contributed by atoms with Crippen molar-refractivity contribution in [1.82, 2.24) is 5.32 Å². The molecule has 1 aliphatic rings. The number of nitro groups is 1. The van der Waals surface area contributed by atoms with Gasteiger partial charge in [0.25, 0.3) is 5.69 Å². The van der Waals surface area contributed by atoms with Crippen molar-refractivity contribution >= 4 is 17.3 Å². The zero-order valence-electron chi connectivity index (χ0n) is 15.7. The van der Waals surface area contributed by atoms with Crippen LogP contribution in [0.4, 0.5) is 24.5 Å². The number of amides is 1. The number of halogens is 3. The van der Waals surface area contributed by atoms with E-state index in [1.807, 2.05) is 0 Å². The lowest BCUT2D eigenvalue weighted by atomic mass is 10.1. The van der Waals surface area contributed by atoms with Crippen molar-refractivity contribution in [2.75, 3.05) is 18.5 Å². The molecule has 1 aliphatic heterocycles. The maximum Gasteiger partial charge on any atom is 0.416 e. The number of para-hydroxylation sites is 2. The largest absolute Gasteiger partial charge is 0.486 e. The van der Waals surface area contributed by atoms with Gasteiger partial charge in [0.2, 0.25) is 5.91 Å². The summed E-state index contributed by atoms with van der Waals surface area (Å²) in [6.07, 6.45) is -5.15. The van der Waals surface area contributed by atoms with E-state index in [1.165, 1.54) is 6.92 Å². The number of carbonyl (C=O) groups is 1. The molecule has 0 saturated carbocycles. The quantitative estimate of drug-likeness (QED) is 0.544. The molecular weight excluding hydrogens is 407 g/mol. The van der Waals surface area contributed by atoms with E-state index in [-0.39, 0.29) is 18.8 Å². The number of nitro benzene ring substituents is 1. The van der Waals surface area contributed by atoms with E-state index in [0.717, 1.165) is 6.07 Å². The summed E-state index contributed by atoms with van der Waals surface area (Å²) in [6, 6.07) is 8.20. The number of ether oxygens (including phenoxy) is 2. The first-order chi connectivity index (χ1) is 14.1. The second kappa shape index (κ2) is 8.47. The van der Waals surface area contributed by atoms with Crippen molar-refractivity contribution in [3.63, 3.8) is 0 Å². The topological polar surface area (TPSA) is 103 Å². The van der Waals surface area contributed by atoms with Crippen LogP contribution in [0.3, 0.4) is 0 Å². The van der Waals surface area contributed by atoms with Gasteiger partial charge in [-0.2, -0.15) is 13.2 Å². The Morgan fingerprint density at radius 1 is 1.27 bits per heavy atom. The van der Waals surface area contributed by atoms with E-state index in [2.05, 4.69) is 10.6 Å². The SMILES string of the molecule is C[C@H](Nc1ccc(C(F)(F)F)cc1[N+](=O)[O-])C(=O)NC[C@H]1COc2ccccc2O1. The first kappa shape index (κ1) is 21.2. The molecule has 0 radical (unpaired) electrons. The fraction of sp³-hybridized carbons (Fsp3) is 0.316. The number of benzene rings is 2. The van der Waals surface area contributed by atoms with Crippen LogP contribution in [0, 0.1) is 10.1 Å². The molecule has 0 spiro atoms. The number of fused-ring (bicyclic) bond motifs is 1. The zero-order valence-corrected chi connectivity index (χ0v) is 15.7. The number of hydrogen-bond donors (Lipinski definition) is 2. The van der Waals surface area contributed by atoms with E-state index in [9.17, 15) is 28.1 Å². The molecule has 2 atom stereocenters. The van der Waals surface area contributed by atoms with Gasteiger partial charge in [-0.05, 0) is 31.2 Å². The van der Waals surface area contributed by atoms with Gasteiger partial charge in [0, 0.05) is 6.07 Å². The first-order valence-electron chi connectivity index (χ1n) is 8.93. The third-order valence-electron chi connectivity index (χ3n) is 4.36. The van der Waals surface area contributed by atoms with Crippen LogP contribution in [0.1, 0.15) is 12.5 Å². The van der Waals surface area contributed by atoms with Gasteiger partial charge >= 0.3 is 6.18 Å². The Balaban J connectivity index is 1.60. The highest BCUT2D eigenvalue weighted by Gasteiger charge is 2.33. The lowest BCUT2D eigenvalue weighted by Crippen LogP contribution is -2.45. The molecule has 8 nitrogen and oxygen atoms in total. The summed E-state index contributed by atoms with van der Waals surface area (Å²) in [5.74, 6) is 0.644. The van der Waals surface area contributed by atoms with Gasteiger partial charge in [0.05, 0.1) is 17.0 Å². The highest BCUT2D eigenvalue weighted by molar-refractivity contribution is 5.85. The molecule has 0 aliphatic carbocycles. The Morgan fingerprint density at radius 3 is 2.63 bits per heavy atom. The summed E-state index contributed by atoms with van der Waals surface area (Å²) in [5, 5.41) is 16.4. The zero-order chi connectivity index (χ0) is 21.9. The first-order valence-corrected chi connectivity index (χ1v) is 8.93. The fourth-order valence-electron chi connectivity index (χ4n) is 2.81. The van der Waals surface area contributed by atoms with Gasteiger partial charge < -0.3 is 20.1 Å². The van der Waals surface area contributed by atoms with Gasteiger partial charge in [0.1, 0.15) is 24.4 Å². The molecule has 0 aromatic heterocycles. The summed E-state index contributed by atoms with van der Waals surface area (Å²) in [6.45, 7) is 1.78. The molecule has 1 amide bonds. The number of hydrogen-bond acceptors (Lipinski definition) is 6. The van der Waals surface area contributed by atoms with Crippen molar-refractivity contribution in [3.8, 4) is 11.5 Å². The van der Waals surface area contributed by atoms with E-state index in [0.29, 0.717) is 23.6 Å². The van der Waals surface area contributed by atoms with E-state index < -0.39 is 40.4 Å². The summed E-state index contributed by atoms with van der Waals surface area (Å²) < 4.78 is 49.6. The van der Waals surface area contributed by atoms with Crippen LogP contribution in [-0.4, -0.2) is 36.1 Å². The van der Waals surface area contributed by atoms with Crippen LogP contribution in [0.2, 0.25) is 0 Å². The molecule has 160 valence electrons. The summed E-state index contributed by atoms with van der Waals surface area (Å²) in [7, 11) is 0. The molecule has 2 aromatic carbocycles. The lowest BCUT2D eigenvalue weighted by Gasteiger charge is -2.27. The number of alkyl halides is 3. The Bertz CT molecular complexity index is 951. The molecule has 0 unspecified atom stereocenters. The standard InChI is InChI=1S/C19H18F3N3O5/c1-11(24-14-7-6-12(19(20,21)22)8-15(14)25(27)28)18(26)23-9-13-10-29-16-4-2-3-5-17(16)30-13/h2-8,11,13,24H,9-10H2,1H3,(H,23,26)/t11-,13-/m0/s1. The Kier molecular flexibility index (Phi) is 5.99. The van der Waals surface area contributed by atoms with Crippen molar-refractivity contribution in [2.45, 2.75) is 25.2 Å². The molecule has 2 aromatic rings. The van der Waals surface area contributed by atoms with Crippen LogP contribution in [-0.2, 0) is 11.0 Å². The van der Waals surface area contributed by atoms with Gasteiger partial charge in [-0.15, -0.1) is 0 Å². The van der Waals surface area contributed by atoms with Crippen molar-refractivity contribution < 1.29 is 32.4 Å². The molecule has 3 rings (SSSR count). The number of anilines is 1. The van der Waals surface area contributed by atoms with Gasteiger partial charge in [-0.1, -0.05) is 12.1 Å². The summed E-state index contributed by atoms with van der Waals surface area (Å²) in [5.41, 5.74) is -2.11. The van der Waals surface area contributed by atoms with Crippen molar-refractivity contribution in [2.24, 2.45) is 0 Å². The Labute approximate surface area is 169 Å². The van der Waals surface area contributed by atoms with E-state index in [1.54, 1.807) is 24.3 Å². The van der Waals surface area contributed by atoms with Crippen LogP contribution < -0.4 is 20.1 Å². The molecule has 0 fully saturated rings. The minimum absolute atomic E-state index is 0.119. The average molecular weight is 425 g/mol. The second-order valence-electron chi connectivity index (χ2n) is 6.60. The second-order valence-corrected chi connectivity index (χ2v) is 6.60. The molecule has 1 heterocycles. The number of rotatable bonds is 6. The van der Waals surface area contributed by atoms with Crippen molar-refractivity contribution in [1.29, 1.82) is 0 Å². The van der Waals surface area contributed by atoms with Gasteiger partial charge in [-0.3, -0.25) is 14.9 Å². The predicted octanol–water partition coefficient (Wildman–Crippen LogP) is 3.37. The normalized spacial score (nSPS) is 16.5. The Morgan fingerprint density at radius 2 is 1.97 bits per heavy atom. The van der Waals surface area contributed by atoms with Crippen LogP contribution in [0.25, 0.3) is 0 Å². The molecular formula is C19H18F3N3O5. The smallest absolute Gasteiger partial charge is 0.416 e. The van der Waals surface area contributed by atoms with Crippen LogP contribution >= 0.6 is 0 Å². The molecule has 0 bridgehead atoms. The highest BCUT2D eigenvalue weighted by atomic mass is 19.4. The minimum Gasteiger partial charge on any atom is -0.486 e. The number of nitrogens with one attached hydrogen (secondary N) is 2. The van der Waals surface area contributed by atoms with Crippen LogP contribution in [0.15, 0.2) is 42.5 Å². The van der Waals surface area contributed by atoms with Crippen molar-refractivity contribution in [3.05, 3.63) is 58.1 Å². The number of carbonyl (C=O) groups excluding carboxylic acids is 1. The third-order valence-corrected chi connectivity index (χ3v) is 4.36. The van der Waals surface area contributed by atoms with Gasteiger partial charge in [-0.25, -0.2) is 0 Å². The molecule has 2 N–H and O–H groups in total. The lowest BCUT2D eigenvalue weighted by molar-refractivity contribution is -0.384. The van der Waals surface area contributed by atoms with E-state index >= 15 is 0 Å². The minimum atomic E-state index is -4.72. The van der Waals surface area contributed by atoms with E-state index in [4.69, 9.17) is 9.47 Å². The maximum absolute atomic E-state index is 12.8. The van der Waals surface area contributed by atoms with Crippen LogP contribution in [0.5, 0.6) is 11.5 Å². The van der Waals surface area contributed by atoms with Gasteiger partial charge in [0.15, 0.2) is 11.5 Å². The monoisotopic (exact) mass is 425 g/mol. The Hall–Kier alpha value is -3.50. The molecule has 30 heavy (non-hydrogen) atoms. The third kappa shape index (κ3) is 4.91. The summed E-state index contributed by atoms with van der Waals surface area (Å²) >= 11 is 0. The average Bonchev–Trinajstić information content (AvgIpc) is 2.71. The number of nitrogens with zero attached hydrogens (tertiary/aromatic N) is 1.